The second-order valence-electron chi connectivity index (χ2n) is 3.59. The van der Waals surface area contributed by atoms with Crippen LogP contribution in [0.25, 0.3) is 16.9 Å². The van der Waals surface area contributed by atoms with E-state index in [2.05, 4.69) is 25.2 Å². The number of fused-ring (bicyclic) bond motifs is 1. The normalized spacial score (nSPS) is 10.8. The topological polar surface area (TPSA) is 75.0 Å². The fraction of sp³-hybridized carbons (Fsp3) is 0.0909. The Bertz CT molecular complexity index is 713. The summed E-state index contributed by atoms with van der Waals surface area (Å²) in [6, 6.07) is 7.10. The summed E-state index contributed by atoms with van der Waals surface area (Å²) in [5.41, 5.74) is 1.89. The molecule has 0 saturated heterocycles. The summed E-state index contributed by atoms with van der Waals surface area (Å²) in [6.07, 6.45) is 1.52. The smallest absolute Gasteiger partial charge is 0.224 e. The molecule has 0 aliphatic heterocycles. The van der Waals surface area contributed by atoms with E-state index in [9.17, 15) is 0 Å². The number of hydrogen-bond donors (Lipinski definition) is 0. The number of nitrogens with zero attached hydrogens (tertiary/aromatic N) is 5. The number of halogens is 1. The van der Waals surface area contributed by atoms with Crippen molar-refractivity contribution in [3.8, 4) is 11.4 Å². The van der Waals surface area contributed by atoms with Crippen LogP contribution < -0.4 is 4.89 Å². The molecule has 0 aliphatic carbocycles. The Kier molecular flexibility index (Phi) is 2.98. The second-order valence-corrected chi connectivity index (χ2v) is 3.93. The molecular formula is C11H8ClN5O2. The van der Waals surface area contributed by atoms with Crippen LogP contribution in [-0.2, 0) is 4.89 Å². The number of aromatic nitrogens is 5. The molecule has 0 saturated carbocycles. The molecule has 96 valence electrons. The highest BCUT2D eigenvalue weighted by Gasteiger charge is 2.09. The average molecular weight is 278 g/mol. The van der Waals surface area contributed by atoms with E-state index < -0.39 is 0 Å². The lowest BCUT2D eigenvalue weighted by molar-refractivity contribution is -0.178. The van der Waals surface area contributed by atoms with Gasteiger partial charge in [-0.05, 0) is 35.9 Å². The lowest BCUT2D eigenvalue weighted by Gasteiger charge is -2.03. The summed E-state index contributed by atoms with van der Waals surface area (Å²) in [6.45, 7) is 0. The van der Waals surface area contributed by atoms with Gasteiger partial charge in [-0.2, -0.15) is 14.6 Å². The highest BCUT2D eigenvalue weighted by molar-refractivity contribution is 6.28. The third-order valence-electron chi connectivity index (χ3n) is 2.42. The van der Waals surface area contributed by atoms with E-state index in [0.717, 1.165) is 5.69 Å². The van der Waals surface area contributed by atoms with Gasteiger partial charge in [0.05, 0.1) is 19.0 Å². The number of hydrogen-bond acceptors (Lipinski definition) is 6. The zero-order chi connectivity index (χ0) is 13.2. The van der Waals surface area contributed by atoms with Crippen LogP contribution in [0.5, 0.6) is 5.75 Å². The lowest BCUT2D eigenvalue weighted by Crippen LogP contribution is -1.99. The van der Waals surface area contributed by atoms with Gasteiger partial charge >= 0.3 is 0 Å². The van der Waals surface area contributed by atoms with Crippen molar-refractivity contribution in [1.29, 1.82) is 0 Å². The minimum Gasteiger partial charge on any atom is -0.338 e. The average Bonchev–Trinajstić information content (AvgIpc) is 2.83. The van der Waals surface area contributed by atoms with Crippen LogP contribution >= 0.6 is 11.6 Å². The first-order chi connectivity index (χ1) is 9.28. The Morgan fingerprint density at radius 2 is 2.00 bits per heavy atom. The molecule has 3 aromatic rings. The molecule has 0 spiro atoms. The van der Waals surface area contributed by atoms with Gasteiger partial charge in [0.1, 0.15) is 0 Å². The summed E-state index contributed by atoms with van der Waals surface area (Å²) in [5, 5.41) is 8.13. The zero-order valence-electron chi connectivity index (χ0n) is 9.82. The van der Waals surface area contributed by atoms with Crippen LogP contribution in [0.4, 0.5) is 0 Å². The van der Waals surface area contributed by atoms with Gasteiger partial charge < -0.3 is 4.89 Å². The Morgan fingerprint density at radius 1 is 1.21 bits per heavy atom. The largest absolute Gasteiger partial charge is 0.338 e. The molecule has 0 atom stereocenters. The second kappa shape index (κ2) is 4.79. The molecule has 0 unspecified atom stereocenters. The molecular weight excluding hydrogens is 270 g/mol. The van der Waals surface area contributed by atoms with Crippen molar-refractivity contribution < 1.29 is 9.78 Å². The molecule has 0 fully saturated rings. The maximum Gasteiger partial charge on any atom is 0.224 e. The van der Waals surface area contributed by atoms with E-state index in [-0.39, 0.29) is 5.28 Å². The van der Waals surface area contributed by atoms with E-state index in [0.29, 0.717) is 16.9 Å². The minimum absolute atomic E-state index is 0.149. The maximum atomic E-state index is 5.77. The van der Waals surface area contributed by atoms with Gasteiger partial charge in [0.25, 0.3) is 0 Å². The minimum atomic E-state index is 0.149. The molecule has 19 heavy (non-hydrogen) atoms. The van der Waals surface area contributed by atoms with Crippen molar-refractivity contribution in [2.45, 2.75) is 0 Å². The first kappa shape index (κ1) is 11.8. The molecule has 8 heteroatoms. The van der Waals surface area contributed by atoms with Crippen molar-refractivity contribution in [3.63, 3.8) is 0 Å². The van der Waals surface area contributed by atoms with E-state index in [4.69, 9.17) is 16.5 Å². The van der Waals surface area contributed by atoms with E-state index in [1.807, 2.05) is 0 Å². The van der Waals surface area contributed by atoms with Gasteiger partial charge in [-0.1, -0.05) is 5.21 Å². The van der Waals surface area contributed by atoms with Crippen LogP contribution in [0.3, 0.4) is 0 Å². The van der Waals surface area contributed by atoms with E-state index in [1.165, 1.54) is 13.3 Å². The van der Waals surface area contributed by atoms with Crippen molar-refractivity contribution in [2.24, 2.45) is 0 Å². The summed E-state index contributed by atoms with van der Waals surface area (Å²) >= 11 is 5.77. The van der Waals surface area contributed by atoms with Crippen molar-refractivity contribution in [3.05, 3.63) is 35.7 Å². The zero-order valence-corrected chi connectivity index (χ0v) is 10.6. The number of benzene rings is 1. The Morgan fingerprint density at radius 3 is 2.74 bits per heavy atom. The van der Waals surface area contributed by atoms with E-state index >= 15 is 0 Å². The monoisotopic (exact) mass is 277 g/mol. The van der Waals surface area contributed by atoms with E-state index in [1.54, 1.807) is 28.9 Å². The molecule has 1 aromatic carbocycles. The quantitative estimate of drug-likeness (QED) is 0.413. The van der Waals surface area contributed by atoms with Gasteiger partial charge in [0.15, 0.2) is 16.9 Å². The molecule has 2 heterocycles. The van der Waals surface area contributed by atoms with Gasteiger partial charge in [0.2, 0.25) is 5.28 Å². The standard InChI is InChI=1S/C11H8ClN5O2/c1-18-19-8-4-2-7(3-5-8)17-10-9(15-16-17)6-13-11(12)14-10/h2-6H,1H3. The SMILES string of the molecule is COOc1ccc(-n2nnc3cnc(Cl)nc32)cc1. The van der Waals surface area contributed by atoms with Crippen LogP contribution in [0.1, 0.15) is 0 Å². The van der Waals surface area contributed by atoms with Crippen LogP contribution in [0.2, 0.25) is 5.28 Å². The first-order valence-electron chi connectivity index (χ1n) is 5.33. The predicted molar refractivity (Wildman–Crippen MR) is 67.1 cm³/mol. The Balaban J connectivity index is 2.06. The predicted octanol–water partition coefficient (Wildman–Crippen LogP) is 1.80. The Labute approximate surface area is 112 Å². The summed E-state index contributed by atoms with van der Waals surface area (Å²) < 4.78 is 1.57. The molecule has 3 rings (SSSR count). The highest BCUT2D eigenvalue weighted by atomic mass is 35.5. The Hall–Kier alpha value is -2.25. The van der Waals surface area contributed by atoms with Crippen molar-refractivity contribution in [2.75, 3.05) is 7.11 Å². The molecule has 0 radical (unpaired) electrons. The van der Waals surface area contributed by atoms with Crippen LogP contribution in [0, 0.1) is 0 Å². The molecule has 2 aromatic heterocycles. The molecule has 0 N–H and O–H groups in total. The van der Waals surface area contributed by atoms with Gasteiger partial charge in [0, 0.05) is 0 Å². The van der Waals surface area contributed by atoms with Crippen molar-refractivity contribution >= 4 is 22.8 Å². The fourth-order valence-corrected chi connectivity index (χ4v) is 1.75. The van der Waals surface area contributed by atoms with Crippen LogP contribution in [0.15, 0.2) is 30.5 Å². The molecule has 0 amide bonds. The maximum absolute atomic E-state index is 5.77. The van der Waals surface area contributed by atoms with Gasteiger partial charge in [-0.15, -0.1) is 5.10 Å². The van der Waals surface area contributed by atoms with Gasteiger partial charge in [-0.25, -0.2) is 4.98 Å². The molecule has 0 aliphatic rings. The van der Waals surface area contributed by atoms with Crippen molar-refractivity contribution in [1.82, 2.24) is 25.0 Å². The third-order valence-corrected chi connectivity index (χ3v) is 2.61. The summed E-state index contributed by atoms with van der Waals surface area (Å²) in [4.78, 5) is 17.4. The first-order valence-corrected chi connectivity index (χ1v) is 5.71. The summed E-state index contributed by atoms with van der Waals surface area (Å²) in [7, 11) is 1.44. The lowest BCUT2D eigenvalue weighted by atomic mass is 10.3. The fourth-order valence-electron chi connectivity index (χ4n) is 1.62. The molecule has 0 bridgehead atoms. The third kappa shape index (κ3) is 2.20. The molecule has 7 nitrogen and oxygen atoms in total. The van der Waals surface area contributed by atoms with Crippen LogP contribution in [-0.4, -0.2) is 32.1 Å². The van der Waals surface area contributed by atoms with Gasteiger partial charge in [-0.3, -0.25) is 0 Å². The highest BCUT2D eigenvalue weighted by Crippen LogP contribution is 2.18. The number of rotatable bonds is 3. The summed E-state index contributed by atoms with van der Waals surface area (Å²) in [5.74, 6) is 0.586.